The van der Waals surface area contributed by atoms with Gasteiger partial charge in [0.2, 0.25) is 0 Å². The first-order valence-corrected chi connectivity index (χ1v) is 6.75. The van der Waals surface area contributed by atoms with Gasteiger partial charge in [0.25, 0.3) is 5.91 Å². The highest BCUT2D eigenvalue weighted by Gasteiger charge is 2.26. The maximum Gasteiger partial charge on any atom is 0.280 e. The molecule has 1 aliphatic rings. The van der Waals surface area contributed by atoms with Crippen LogP contribution in [0.4, 0.5) is 5.69 Å². The van der Waals surface area contributed by atoms with Crippen LogP contribution in [0.15, 0.2) is 24.5 Å². The van der Waals surface area contributed by atoms with E-state index in [1.165, 1.54) is 12.8 Å². The Morgan fingerprint density at radius 3 is 2.95 bits per heavy atom. The Hall–Kier alpha value is -2.24. The molecule has 1 fully saturated rings. The third-order valence-corrected chi connectivity index (χ3v) is 3.65. The van der Waals surface area contributed by atoms with Crippen LogP contribution in [-0.4, -0.2) is 32.9 Å². The van der Waals surface area contributed by atoms with Crippen LogP contribution in [-0.2, 0) is 6.54 Å². The Balaban J connectivity index is 1.81. The molecule has 0 radical (unpaired) electrons. The lowest BCUT2D eigenvalue weighted by atomic mass is 10.2. The first-order chi connectivity index (χ1) is 9.66. The van der Waals surface area contributed by atoms with Gasteiger partial charge < -0.3 is 4.90 Å². The summed E-state index contributed by atoms with van der Waals surface area (Å²) in [5, 5.41) is 8.14. The molecule has 0 spiro atoms. The van der Waals surface area contributed by atoms with E-state index in [2.05, 4.69) is 15.3 Å². The van der Waals surface area contributed by atoms with Crippen molar-refractivity contribution in [3.05, 3.63) is 35.9 Å². The molecule has 2 heterocycles. The van der Waals surface area contributed by atoms with Crippen LogP contribution in [0.2, 0.25) is 0 Å². The number of nitrogens with zero attached hydrogens (tertiary/aromatic N) is 5. The van der Waals surface area contributed by atoms with Crippen LogP contribution in [0, 0.1) is 12.8 Å². The second kappa shape index (κ2) is 5.03. The second-order valence-corrected chi connectivity index (χ2v) is 5.22. The normalized spacial score (nSPS) is 14.3. The summed E-state index contributed by atoms with van der Waals surface area (Å²) in [6.07, 6.45) is 5.83. The Morgan fingerprint density at radius 2 is 2.30 bits per heavy atom. The molecule has 1 aliphatic carbocycles. The van der Waals surface area contributed by atoms with Gasteiger partial charge >= 0.3 is 0 Å². The summed E-state index contributed by atoms with van der Waals surface area (Å²) in [6, 6.07) is 3.64. The van der Waals surface area contributed by atoms with Crippen molar-refractivity contribution in [3.8, 4) is 0 Å². The van der Waals surface area contributed by atoms with E-state index in [4.69, 9.17) is 0 Å². The molecule has 0 aliphatic heterocycles. The molecule has 0 bridgehead atoms. The molecule has 0 unspecified atom stereocenters. The smallest absolute Gasteiger partial charge is 0.280 e. The topological polar surface area (TPSA) is 63.9 Å². The number of carbonyl (C=O) groups excluding carboxylic acids is 1. The minimum absolute atomic E-state index is 0.155. The first kappa shape index (κ1) is 12.8. The summed E-state index contributed by atoms with van der Waals surface area (Å²) in [7, 11) is 1.72. The molecule has 0 N–H and O–H groups in total. The van der Waals surface area contributed by atoms with Crippen molar-refractivity contribution in [3.63, 3.8) is 0 Å². The van der Waals surface area contributed by atoms with Gasteiger partial charge in [0.15, 0.2) is 5.69 Å². The molecule has 2 aromatic heterocycles. The molecule has 3 rings (SSSR count). The van der Waals surface area contributed by atoms with Crippen molar-refractivity contribution in [2.45, 2.75) is 26.3 Å². The summed E-state index contributed by atoms with van der Waals surface area (Å²) in [6.45, 7) is 2.76. The predicted octanol–water partition coefficient (Wildman–Crippen LogP) is 1.67. The van der Waals surface area contributed by atoms with E-state index < -0.39 is 0 Å². The van der Waals surface area contributed by atoms with E-state index in [-0.39, 0.29) is 5.91 Å². The van der Waals surface area contributed by atoms with Gasteiger partial charge in [-0.25, -0.2) is 4.68 Å². The fraction of sp³-hybridized carbons (Fsp3) is 0.429. The average molecular weight is 271 g/mol. The van der Waals surface area contributed by atoms with Gasteiger partial charge in [-0.1, -0.05) is 5.21 Å². The quantitative estimate of drug-likeness (QED) is 0.848. The second-order valence-electron chi connectivity index (χ2n) is 5.22. The van der Waals surface area contributed by atoms with Crippen molar-refractivity contribution in [1.82, 2.24) is 20.0 Å². The van der Waals surface area contributed by atoms with Gasteiger partial charge in [-0.3, -0.25) is 9.78 Å². The summed E-state index contributed by atoms with van der Waals surface area (Å²) in [5.41, 5.74) is 1.99. The highest BCUT2D eigenvalue weighted by molar-refractivity contribution is 6.04. The summed E-state index contributed by atoms with van der Waals surface area (Å²) >= 11 is 0. The number of carbonyl (C=O) groups is 1. The zero-order chi connectivity index (χ0) is 14.1. The largest absolute Gasteiger partial charge is 0.308 e. The molecule has 2 aromatic rings. The zero-order valence-corrected chi connectivity index (χ0v) is 11.7. The molecular weight excluding hydrogens is 254 g/mol. The van der Waals surface area contributed by atoms with E-state index in [1.54, 1.807) is 30.4 Å². The number of rotatable bonds is 4. The number of aromatic nitrogens is 4. The summed E-state index contributed by atoms with van der Waals surface area (Å²) < 4.78 is 1.84. The number of anilines is 1. The minimum atomic E-state index is -0.155. The van der Waals surface area contributed by atoms with Gasteiger partial charge in [0.1, 0.15) is 0 Å². The highest BCUT2D eigenvalue weighted by atomic mass is 16.2. The molecule has 6 heteroatoms. The van der Waals surface area contributed by atoms with Crippen molar-refractivity contribution < 1.29 is 4.79 Å². The van der Waals surface area contributed by atoms with Gasteiger partial charge in [-0.2, -0.15) is 0 Å². The van der Waals surface area contributed by atoms with Crippen LogP contribution < -0.4 is 4.90 Å². The summed E-state index contributed by atoms with van der Waals surface area (Å²) in [4.78, 5) is 18.0. The third kappa shape index (κ3) is 2.41. The molecule has 0 saturated heterocycles. The molecule has 0 aromatic carbocycles. The molecule has 1 amide bonds. The molecule has 6 nitrogen and oxygen atoms in total. The fourth-order valence-corrected chi connectivity index (χ4v) is 2.10. The molecule has 0 atom stereocenters. The SMILES string of the molecule is Cc1c(C(=O)N(C)c2cccnc2)nnn1CC1CC1. The number of amides is 1. The van der Waals surface area contributed by atoms with Crippen molar-refractivity contribution >= 4 is 11.6 Å². The minimum Gasteiger partial charge on any atom is -0.308 e. The van der Waals surface area contributed by atoms with Crippen LogP contribution in [0.3, 0.4) is 0 Å². The summed E-state index contributed by atoms with van der Waals surface area (Å²) in [5.74, 6) is 0.548. The third-order valence-electron chi connectivity index (χ3n) is 3.65. The molecular formula is C14H17N5O. The Bertz CT molecular complexity index is 618. The fourth-order valence-electron chi connectivity index (χ4n) is 2.10. The number of pyridine rings is 1. The van der Waals surface area contributed by atoms with E-state index in [0.29, 0.717) is 11.6 Å². The van der Waals surface area contributed by atoms with Crippen LogP contribution in [0.5, 0.6) is 0 Å². The van der Waals surface area contributed by atoms with E-state index in [1.807, 2.05) is 17.7 Å². The van der Waals surface area contributed by atoms with Crippen molar-refractivity contribution in [2.24, 2.45) is 5.92 Å². The van der Waals surface area contributed by atoms with Crippen LogP contribution >= 0.6 is 0 Å². The van der Waals surface area contributed by atoms with Gasteiger partial charge in [-0.05, 0) is 37.8 Å². The van der Waals surface area contributed by atoms with E-state index in [9.17, 15) is 4.79 Å². The average Bonchev–Trinajstić information content (AvgIpc) is 3.23. The number of hydrogen-bond donors (Lipinski definition) is 0. The van der Waals surface area contributed by atoms with Crippen LogP contribution in [0.25, 0.3) is 0 Å². The lowest BCUT2D eigenvalue weighted by Gasteiger charge is -2.15. The van der Waals surface area contributed by atoms with Crippen molar-refractivity contribution in [1.29, 1.82) is 0 Å². The van der Waals surface area contributed by atoms with Gasteiger partial charge in [0.05, 0.1) is 17.6 Å². The Labute approximate surface area is 117 Å². The van der Waals surface area contributed by atoms with Gasteiger partial charge in [-0.15, -0.1) is 5.10 Å². The van der Waals surface area contributed by atoms with Crippen molar-refractivity contribution in [2.75, 3.05) is 11.9 Å². The molecule has 20 heavy (non-hydrogen) atoms. The lowest BCUT2D eigenvalue weighted by Crippen LogP contribution is -2.27. The monoisotopic (exact) mass is 271 g/mol. The predicted molar refractivity (Wildman–Crippen MR) is 74.5 cm³/mol. The first-order valence-electron chi connectivity index (χ1n) is 6.75. The number of hydrogen-bond acceptors (Lipinski definition) is 4. The maximum atomic E-state index is 12.5. The van der Waals surface area contributed by atoms with Crippen LogP contribution in [0.1, 0.15) is 29.0 Å². The maximum absolute atomic E-state index is 12.5. The Kier molecular flexibility index (Phi) is 3.22. The van der Waals surface area contributed by atoms with E-state index in [0.717, 1.165) is 17.9 Å². The van der Waals surface area contributed by atoms with Gasteiger partial charge in [0, 0.05) is 19.8 Å². The highest BCUT2D eigenvalue weighted by Crippen LogP contribution is 2.30. The zero-order valence-electron chi connectivity index (χ0n) is 11.7. The standard InChI is InChI=1S/C14H17N5O/c1-10-13(16-17-19(10)9-11-5-6-11)14(20)18(2)12-4-3-7-15-8-12/h3-4,7-8,11H,5-6,9H2,1-2H3. The lowest BCUT2D eigenvalue weighted by molar-refractivity contribution is 0.0987. The van der Waals surface area contributed by atoms with E-state index >= 15 is 0 Å². The molecule has 1 saturated carbocycles. The Morgan fingerprint density at radius 1 is 1.50 bits per heavy atom. The molecule has 104 valence electrons.